The van der Waals surface area contributed by atoms with E-state index in [4.69, 9.17) is 0 Å². The summed E-state index contributed by atoms with van der Waals surface area (Å²) in [7, 11) is 0. The van der Waals surface area contributed by atoms with Gasteiger partial charge in [0, 0.05) is 30.0 Å². The van der Waals surface area contributed by atoms with E-state index < -0.39 is 0 Å². The maximum Gasteiger partial charge on any atom is 0.0838 e. The number of nitrogens with zero attached hydrogens (tertiary/aromatic N) is 2. The van der Waals surface area contributed by atoms with E-state index in [1.807, 2.05) is 30.6 Å². The summed E-state index contributed by atoms with van der Waals surface area (Å²) in [5.41, 5.74) is 3.45. The Morgan fingerprint density at radius 3 is 2.42 bits per heavy atom. The normalized spacial score (nSPS) is 11.2. The lowest BCUT2D eigenvalue weighted by molar-refractivity contribution is 0.280. The standard InChI is InChI=1S/C20H22N2OS/c1-15(2)19-17(14-23)13-22(12-16-8-10-21-11-9-16)20(19)24-18-6-4-3-5-7-18/h3-11,13,15,23H,12,14H2,1-2H3. The number of aliphatic hydroxyl groups excluding tert-OH is 1. The Hall–Kier alpha value is -2.04. The summed E-state index contributed by atoms with van der Waals surface area (Å²) in [5, 5.41) is 11.0. The molecule has 0 fully saturated rings. The second kappa shape index (κ2) is 7.69. The molecule has 4 heteroatoms. The molecule has 3 nitrogen and oxygen atoms in total. The van der Waals surface area contributed by atoms with Crippen LogP contribution in [0, 0.1) is 0 Å². The molecule has 0 spiro atoms. The van der Waals surface area contributed by atoms with Crippen molar-refractivity contribution in [3.8, 4) is 0 Å². The minimum atomic E-state index is 0.0687. The number of aromatic nitrogens is 2. The van der Waals surface area contributed by atoms with Crippen LogP contribution in [0.25, 0.3) is 0 Å². The molecule has 0 atom stereocenters. The zero-order valence-electron chi connectivity index (χ0n) is 14.0. The van der Waals surface area contributed by atoms with Gasteiger partial charge < -0.3 is 9.67 Å². The second-order valence-electron chi connectivity index (χ2n) is 6.08. The van der Waals surface area contributed by atoms with Crippen molar-refractivity contribution in [1.29, 1.82) is 0 Å². The molecule has 3 rings (SSSR count). The molecular weight excluding hydrogens is 316 g/mol. The van der Waals surface area contributed by atoms with Gasteiger partial charge in [-0.25, -0.2) is 0 Å². The highest BCUT2D eigenvalue weighted by Gasteiger charge is 2.19. The van der Waals surface area contributed by atoms with E-state index in [1.165, 1.54) is 21.0 Å². The lowest BCUT2D eigenvalue weighted by atomic mass is 10.0. The predicted octanol–water partition coefficient (Wildman–Crippen LogP) is 4.70. The molecule has 0 aliphatic rings. The van der Waals surface area contributed by atoms with Crippen LogP contribution in [0.15, 0.2) is 71.0 Å². The lowest BCUT2D eigenvalue weighted by Crippen LogP contribution is -2.01. The number of benzene rings is 1. The van der Waals surface area contributed by atoms with Crippen molar-refractivity contribution in [1.82, 2.24) is 9.55 Å². The maximum atomic E-state index is 9.80. The summed E-state index contributed by atoms with van der Waals surface area (Å²) in [5.74, 6) is 0.358. The van der Waals surface area contributed by atoms with Crippen LogP contribution in [0.4, 0.5) is 0 Å². The summed E-state index contributed by atoms with van der Waals surface area (Å²) in [6.07, 6.45) is 5.72. The third kappa shape index (κ3) is 3.71. The first-order chi connectivity index (χ1) is 11.7. The van der Waals surface area contributed by atoms with Crippen LogP contribution < -0.4 is 0 Å². The van der Waals surface area contributed by atoms with E-state index in [1.54, 1.807) is 11.8 Å². The SMILES string of the molecule is CC(C)c1c(CO)cn(Cc2ccncc2)c1Sc1ccccc1. The molecule has 24 heavy (non-hydrogen) atoms. The van der Waals surface area contributed by atoms with Crippen LogP contribution in [0.3, 0.4) is 0 Å². The van der Waals surface area contributed by atoms with Gasteiger partial charge in [-0.05, 0) is 46.9 Å². The zero-order valence-corrected chi connectivity index (χ0v) is 14.8. The van der Waals surface area contributed by atoms with Crippen molar-refractivity contribution in [2.45, 2.75) is 42.8 Å². The summed E-state index contributed by atoms with van der Waals surface area (Å²) < 4.78 is 2.24. The van der Waals surface area contributed by atoms with Gasteiger partial charge >= 0.3 is 0 Å². The molecule has 0 radical (unpaired) electrons. The fourth-order valence-corrected chi connectivity index (χ4v) is 4.10. The molecular formula is C20H22N2OS. The molecule has 0 bridgehead atoms. The topological polar surface area (TPSA) is 38.0 Å². The summed E-state index contributed by atoms with van der Waals surface area (Å²) in [6, 6.07) is 14.5. The summed E-state index contributed by atoms with van der Waals surface area (Å²) in [4.78, 5) is 5.30. The van der Waals surface area contributed by atoms with Crippen molar-refractivity contribution >= 4 is 11.8 Å². The van der Waals surface area contributed by atoms with Crippen LogP contribution in [0.5, 0.6) is 0 Å². The van der Waals surface area contributed by atoms with Crippen molar-refractivity contribution < 1.29 is 5.11 Å². The van der Waals surface area contributed by atoms with Crippen LogP contribution in [0.1, 0.15) is 36.5 Å². The predicted molar refractivity (Wildman–Crippen MR) is 98.3 cm³/mol. The van der Waals surface area contributed by atoms with Crippen molar-refractivity contribution in [2.24, 2.45) is 0 Å². The van der Waals surface area contributed by atoms with E-state index in [9.17, 15) is 5.11 Å². The molecule has 0 amide bonds. The Balaban J connectivity index is 2.03. The van der Waals surface area contributed by atoms with Gasteiger partial charge in [0.15, 0.2) is 0 Å². The third-order valence-corrected chi connectivity index (χ3v) is 5.11. The Morgan fingerprint density at radius 2 is 1.79 bits per heavy atom. The number of pyridine rings is 1. The quantitative estimate of drug-likeness (QED) is 0.708. The van der Waals surface area contributed by atoms with E-state index in [0.717, 1.165) is 12.1 Å². The average Bonchev–Trinajstić information content (AvgIpc) is 2.94. The molecule has 3 aromatic rings. The Labute approximate surface area is 147 Å². The van der Waals surface area contributed by atoms with E-state index in [0.29, 0.717) is 5.92 Å². The summed E-state index contributed by atoms with van der Waals surface area (Å²) in [6.45, 7) is 5.21. The van der Waals surface area contributed by atoms with E-state index in [-0.39, 0.29) is 6.61 Å². The van der Waals surface area contributed by atoms with Crippen molar-refractivity contribution in [3.05, 3.63) is 77.7 Å². The highest BCUT2D eigenvalue weighted by Crippen LogP contribution is 2.37. The molecule has 0 aliphatic carbocycles. The van der Waals surface area contributed by atoms with E-state index in [2.05, 4.69) is 53.9 Å². The van der Waals surface area contributed by atoms with Gasteiger partial charge in [0.2, 0.25) is 0 Å². The van der Waals surface area contributed by atoms with Crippen molar-refractivity contribution in [3.63, 3.8) is 0 Å². The summed E-state index contributed by atoms with van der Waals surface area (Å²) >= 11 is 1.76. The fraction of sp³-hybridized carbons (Fsp3) is 0.250. The molecule has 1 aromatic carbocycles. The number of hydrogen-bond donors (Lipinski definition) is 1. The van der Waals surface area contributed by atoms with E-state index >= 15 is 0 Å². The number of rotatable bonds is 6. The average molecular weight is 338 g/mol. The van der Waals surface area contributed by atoms with Crippen LogP contribution >= 0.6 is 11.8 Å². The first kappa shape index (κ1) is 16.8. The molecule has 2 aromatic heterocycles. The largest absolute Gasteiger partial charge is 0.392 e. The third-order valence-electron chi connectivity index (χ3n) is 3.96. The number of aliphatic hydroxyl groups is 1. The molecule has 0 aliphatic heterocycles. The molecule has 0 unspecified atom stereocenters. The minimum Gasteiger partial charge on any atom is -0.392 e. The first-order valence-electron chi connectivity index (χ1n) is 8.13. The Morgan fingerprint density at radius 1 is 1.08 bits per heavy atom. The smallest absolute Gasteiger partial charge is 0.0838 e. The molecule has 124 valence electrons. The minimum absolute atomic E-state index is 0.0687. The van der Waals surface area contributed by atoms with Crippen LogP contribution in [-0.2, 0) is 13.2 Å². The molecule has 0 saturated carbocycles. The van der Waals surface area contributed by atoms with Crippen LogP contribution in [0.2, 0.25) is 0 Å². The highest BCUT2D eigenvalue weighted by molar-refractivity contribution is 7.99. The second-order valence-corrected chi connectivity index (χ2v) is 7.15. The highest BCUT2D eigenvalue weighted by atomic mass is 32.2. The van der Waals surface area contributed by atoms with Gasteiger partial charge in [0.05, 0.1) is 11.6 Å². The Kier molecular flexibility index (Phi) is 5.38. The van der Waals surface area contributed by atoms with Gasteiger partial charge in [-0.15, -0.1) is 0 Å². The van der Waals surface area contributed by atoms with Gasteiger partial charge in [-0.2, -0.15) is 0 Å². The van der Waals surface area contributed by atoms with Gasteiger partial charge in [0.1, 0.15) is 0 Å². The van der Waals surface area contributed by atoms with Gasteiger partial charge in [0.25, 0.3) is 0 Å². The lowest BCUT2D eigenvalue weighted by Gasteiger charge is -2.13. The molecule has 1 N–H and O–H groups in total. The number of hydrogen-bond acceptors (Lipinski definition) is 3. The fourth-order valence-electron chi connectivity index (χ4n) is 2.87. The molecule has 0 saturated heterocycles. The van der Waals surface area contributed by atoms with Crippen LogP contribution in [-0.4, -0.2) is 14.7 Å². The maximum absolute atomic E-state index is 9.80. The van der Waals surface area contributed by atoms with Gasteiger partial charge in [-0.1, -0.05) is 43.8 Å². The van der Waals surface area contributed by atoms with Crippen molar-refractivity contribution in [2.75, 3.05) is 0 Å². The Bertz CT molecular complexity index is 782. The monoisotopic (exact) mass is 338 g/mol. The first-order valence-corrected chi connectivity index (χ1v) is 8.95. The molecule has 2 heterocycles. The van der Waals surface area contributed by atoms with Gasteiger partial charge in [-0.3, -0.25) is 4.98 Å². The zero-order chi connectivity index (χ0) is 16.9.